The third kappa shape index (κ3) is 16.4. The molecule has 0 aromatic carbocycles. The fourth-order valence-electron chi connectivity index (χ4n) is 3.05. The van der Waals surface area contributed by atoms with Crippen molar-refractivity contribution in [1.29, 1.82) is 0 Å². The first-order chi connectivity index (χ1) is 20.7. The molecule has 0 bridgehead atoms. The van der Waals surface area contributed by atoms with Gasteiger partial charge in [0.05, 0.1) is 19.3 Å². The number of carboxylic acids is 3. The summed E-state index contributed by atoms with van der Waals surface area (Å²) in [6.45, 7) is 4.31. The lowest BCUT2D eigenvalue weighted by atomic mass is 10.2. The molecule has 1 saturated heterocycles. The number of morpholine rings is 1. The van der Waals surface area contributed by atoms with Crippen LogP contribution in [0.3, 0.4) is 0 Å². The van der Waals surface area contributed by atoms with Crippen molar-refractivity contribution in [3.8, 4) is 0 Å². The normalized spacial score (nSPS) is 16.8. The minimum absolute atomic E-state index is 0.166. The van der Waals surface area contributed by atoms with Gasteiger partial charge in [0.1, 0.15) is 11.6 Å². The summed E-state index contributed by atoms with van der Waals surface area (Å²) in [5, 5.41) is 24.7. The number of hydrogen-bond acceptors (Lipinski definition) is 9. The zero-order valence-corrected chi connectivity index (χ0v) is 22.7. The van der Waals surface area contributed by atoms with Gasteiger partial charge < -0.3 is 25.4 Å². The number of carbonyl (C=O) groups is 3. The molecule has 2 fully saturated rings. The maximum Gasteiger partial charge on any atom is 0.490 e. The Morgan fingerprint density at radius 1 is 0.889 bits per heavy atom. The number of nitrogens with one attached hydrogen (secondary N) is 1. The van der Waals surface area contributed by atoms with Crippen LogP contribution >= 0.6 is 0 Å². The molecule has 1 aliphatic carbocycles. The van der Waals surface area contributed by atoms with E-state index < -0.39 is 36.4 Å². The molecule has 252 valence electrons. The maximum atomic E-state index is 10.6. The molecule has 2 aromatic heterocycles. The molecule has 1 aliphatic heterocycles. The molecule has 0 radical (unpaired) electrons. The van der Waals surface area contributed by atoms with Gasteiger partial charge in [-0.3, -0.25) is 9.88 Å². The summed E-state index contributed by atoms with van der Waals surface area (Å²) in [6, 6.07) is 6.07. The Labute approximate surface area is 247 Å². The van der Waals surface area contributed by atoms with E-state index in [0.717, 1.165) is 42.8 Å². The van der Waals surface area contributed by atoms with Crippen LogP contribution in [0.4, 0.5) is 45.3 Å². The van der Waals surface area contributed by atoms with Crippen LogP contribution in [0.2, 0.25) is 0 Å². The highest BCUT2D eigenvalue weighted by molar-refractivity contribution is 5.73. The number of alkyl halides is 9. The topological polar surface area (TPSA) is 175 Å². The van der Waals surface area contributed by atoms with Crippen LogP contribution in [0.5, 0.6) is 0 Å². The van der Waals surface area contributed by atoms with Gasteiger partial charge >= 0.3 is 36.4 Å². The number of carboxylic acid groups (broad SMARTS) is 3. The third-order valence-electron chi connectivity index (χ3n) is 5.33. The molecule has 1 unspecified atom stereocenters. The minimum atomic E-state index is -5.08. The van der Waals surface area contributed by atoms with Crippen molar-refractivity contribution in [3.63, 3.8) is 0 Å². The Balaban J connectivity index is 0.000000396. The van der Waals surface area contributed by atoms with Crippen LogP contribution in [-0.2, 0) is 25.7 Å². The van der Waals surface area contributed by atoms with E-state index >= 15 is 0 Å². The number of aromatic nitrogens is 3. The maximum absolute atomic E-state index is 10.6. The predicted molar refractivity (Wildman–Crippen MR) is 133 cm³/mol. The lowest BCUT2D eigenvalue weighted by Crippen LogP contribution is -2.41. The van der Waals surface area contributed by atoms with Crippen molar-refractivity contribution < 1.29 is 74.0 Å². The van der Waals surface area contributed by atoms with Gasteiger partial charge in [0.15, 0.2) is 0 Å². The summed E-state index contributed by atoms with van der Waals surface area (Å²) in [4.78, 5) is 42.5. The smallest absolute Gasteiger partial charge is 0.475 e. The van der Waals surface area contributed by atoms with Gasteiger partial charge in [-0.05, 0) is 36.5 Å². The molecule has 3 heterocycles. The predicted octanol–water partition coefficient (Wildman–Crippen LogP) is 4.17. The Morgan fingerprint density at radius 2 is 1.42 bits per heavy atom. The Bertz CT molecular complexity index is 1170. The second kappa shape index (κ2) is 17.3. The van der Waals surface area contributed by atoms with Gasteiger partial charge in [0.25, 0.3) is 0 Å². The van der Waals surface area contributed by atoms with Crippen molar-refractivity contribution >= 4 is 23.7 Å². The number of rotatable bonds is 6. The van der Waals surface area contributed by atoms with Gasteiger partial charge in [0.2, 0.25) is 0 Å². The quantitative estimate of drug-likeness (QED) is 0.324. The van der Waals surface area contributed by atoms with Gasteiger partial charge in [-0.25, -0.2) is 24.4 Å². The van der Waals surface area contributed by atoms with Gasteiger partial charge in [-0.15, -0.1) is 0 Å². The first-order valence-corrected chi connectivity index (χ1v) is 12.4. The van der Waals surface area contributed by atoms with Gasteiger partial charge in [0, 0.05) is 38.2 Å². The molecule has 4 rings (SSSR count). The van der Waals surface area contributed by atoms with Gasteiger partial charge in [-0.1, -0.05) is 6.07 Å². The zero-order valence-electron chi connectivity index (χ0n) is 22.7. The van der Waals surface area contributed by atoms with E-state index in [1.165, 1.54) is 12.8 Å². The highest BCUT2D eigenvalue weighted by Gasteiger charge is 2.39. The number of nitrogens with zero attached hydrogens (tertiary/aromatic N) is 4. The second-order valence-corrected chi connectivity index (χ2v) is 8.95. The lowest BCUT2D eigenvalue weighted by molar-refractivity contribution is -0.193. The van der Waals surface area contributed by atoms with Crippen LogP contribution < -0.4 is 5.32 Å². The third-order valence-corrected chi connectivity index (χ3v) is 5.33. The molecular formula is C24H26F9N5O7. The number of halogens is 9. The molecular weight excluding hydrogens is 641 g/mol. The highest BCUT2D eigenvalue weighted by atomic mass is 19.4. The van der Waals surface area contributed by atoms with Crippen molar-refractivity contribution in [2.75, 3.05) is 31.6 Å². The van der Waals surface area contributed by atoms with Crippen LogP contribution in [0.25, 0.3) is 0 Å². The second-order valence-electron chi connectivity index (χ2n) is 8.95. The first kappa shape index (κ1) is 38.8. The summed E-state index contributed by atoms with van der Waals surface area (Å²) >= 11 is 0. The summed E-state index contributed by atoms with van der Waals surface area (Å²) < 4.78 is 101. The molecule has 2 aliphatic rings. The minimum Gasteiger partial charge on any atom is -0.475 e. The van der Waals surface area contributed by atoms with Crippen molar-refractivity contribution in [2.24, 2.45) is 5.92 Å². The monoisotopic (exact) mass is 667 g/mol. The summed E-state index contributed by atoms with van der Waals surface area (Å²) in [6.07, 6.45) is -7.06. The number of hydrogen-bond donors (Lipinski definition) is 4. The first-order valence-electron chi connectivity index (χ1n) is 12.4. The molecule has 1 saturated carbocycles. The fraction of sp³-hybridized carbons (Fsp3) is 0.500. The number of aliphatic carboxylic acids is 3. The van der Waals surface area contributed by atoms with E-state index in [0.29, 0.717) is 13.2 Å². The summed E-state index contributed by atoms with van der Waals surface area (Å²) in [5.74, 6) is -5.71. The van der Waals surface area contributed by atoms with E-state index in [4.69, 9.17) is 39.4 Å². The Kier molecular flexibility index (Phi) is 14.9. The SMILES string of the molecule is O=C(O)C(F)(F)F.O=C(O)C(F)(F)F.O=C(O)C(F)(F)F.c1cncc(CNc2ccnc(C3COCCN3CC3CC3)n2)c1. The highest BCUT2D eigenvalue weighted by Crippen LogP contribution is 2.33. The number of anilines is 1. The largest absolute Gasteiger partial charge is 0.490 e. The standard InChI is InChI=1S/C18H23N5O.3C2HF3O2/c1-2-15(10-19-6-1)11-21-17-5-7-20-18(22-17)16-13-24-9-8-23(16)12-14-3-4-14;3*3-2(4,5)1(6)7/h1-2,5-7,10,14,16H,3-4,8-9,11-13H2,(H,20,21,22);3*(H,6,7). The van der Waals surface area contributed by atoms with E-state index in [2.05, 4.69) is 26.3 Å². The molecule has 12 nitrogen and oxygen atoms in total. The number of ether oxygens (including phenoxy) is 1. The fourth-order valence-corrected chi connectivity index (χ4v) is 3.05. The van der Waals surface area contributed by atoms with E-state index in [1.54, 1.807) is 6.20 Å². The molecule has 0 spiro atoms. The molecule has 21 heteroatoms. The van der Waals surface area contributed by atoms with Crippen LogP contribution in [-0.4, -0.2) is 97.9 Å². The van der Waals surface area contributed by atoms with Crippen molar-refractivity contribution in [1.82, 2.24) is 19.9 Å². The zero-order chi connectivity index (χ0) is 34.4. The van der Waals surface area contributed by atoms with Crippen LogP contribution in [0.15, 0.2) is 36.8 Å². The number of pyridine rings is 1. The average Bonchev–Trinajstić information content (AvgIpc) is 3.76. The van der Waals surface area contributed by atoms with Crippen molar-refractivity contribution in [2.45, 2.75) is 44.0 Å². The Hall–Kier alpha value is -4.27. The van der Waals surface area contributed by atoms with E-state index in [-0.39, 0.29) is 6.04 Å². The molecule has 1 atom stereocenters. The molecule has 2 aromatic rings. The van der Waals surface area contributed by atoms with Crippen molar-refractivity contribution in [3.05, 3.63) is 48.2 Å². The van der Waals surface area contributed by atoms with Crippen LogP contribution in [0, 0.1) is 5.92 Å². The molecule has 45 heavy (non-hydrogen) atoms. The van der Waals surface area contributed by atoms with Crippen LogP contribution in [0.1, 0.15) is 30.3 Å². The lowest BCUT2D eigenvalue weighted by Gasteiger charge is -2.34. The van der Waals surface area contributed by atoms with E-state index in [9.17, 15) is 39.5 Å². The molecule has 4 N–H and O–H groups in total. The molecule has 0 amide bonds. The van der Waals surface area contributed by atoms with Gasteiger partial charge in [-0.2, -0.15) is 39.5 Å². The average molecular weight is 667 g/mol. The Morgan fingerprint density at radius 3 is 1.87 bits per heavy atom. The van der Waals surface area contributed by atoms with E-state index in [1.807, 2.05) is 24.5 Å². The summed E-state index contributed by atoms with van der Waals surface area (Å²) in [7, 11) is 0. The summed E-state index contributed by atoms with van der Waals surface area (Å²) in [5.41, 5.74) is 1.13.